The highest BCUT2D eigenvalue weighted by Crippen LogP contribution is 2.27. The third-order valence-electron chi connectivity index (χ3n) is 3.71. The Morgan fingerprint density at radius 3 is 2.44 bits per heavy atom. The van der Waals surface area contributed by atoms with Crippen molar-refractivity contribution in [3.8, 4) is 5.69 Å². The van der Waals surface area contributed by atoms with Crippen molar-refractivity contribution >= 4 is 17.3 Å². The van der Waals surface area contributed by atoms with Gasteiger partial charge in [-0.3, -0.25) is 10.1 Å². The maximum Gasteiger partial charge on any atom is 0.271 e. The molecule has 0 atom stereocenters. The Kier molecular flexibility index (Phi) is 4.14. The molecular formula is C16H13F2N5O2. The fourth-order valence-electron chi connectivity index (χ4n) is 2.31. The molecule has 0 aliphatic carbocycles. The standard InChI is InChI=1S/C16H13F2N5O2/c1-9-3-14(23(24)25)7-15(10(9)2)20-16-19-8-22(21-16)13-5-11(17)4-12(18)6-13/h3-8H,1-2H3,(H,20,21). The Hall–Kier alpha value is -3.36. The minimum atomic E-state index is -0.731. The van der Waals surface area contributed by atoms with Crippen molar-refractivity contribution in [3.05, 3.63) is 69.5 Å². The van der Waals surface area contributed by atoms with E-state index in [1.54, 1.807) is 13.8 Å². The zero-order valence-corrected chi connectivity index (χ0v) is 13.3. The van der Waals surface area contributed by atoms with Crippen LogP contribution in [0.1, 0.15) is 11.1 Å². The highest BCUT2D eigenvalue weighted by Gasteiger charge is 2.14. The average molecular weight is 345 g/mol. The number of rotatable bonds is 4. The van der Waals surface area contributed by atoms with E-state index in [0.29, 0.717) is 5.69 Å². The van der Waals surface area contributed by atoms with Crippen LogP contribution < -0.4 is 5.32 Å². The van der Waals surface area contributed by atoms with Crippen molar-refractivity contribution in [2.45, 2.75) is 13.8 Å². The number of aryl methyl sites for hydroxylation is 1. The van der Waals surface area contributed by atoms with Crippen molar-refractivity contribution in [2.24, 2.45) is 0 Å². The number of anilines is 2. The molecule has 0 spiro atoms. The van der Waals surface area contributed by atoms with Crippen LogP contribution in [0.3, 0.4) is 0 Å². The van der Waals surface area contributed by atoms with E-state index < -0.39 is 16.6 Å². The molecule has 0 aliphatic rings. The monoisotopic (exact) mass is 345 g/mol. The lowest BCUT2D eigenvalue weighted by molar-refractivity contribution is -0.384. The van der Waals surface area contributed by atoms with Gasteiger partial charge in [-0.2, -0.15) is 4.98 Å². The van der Waals surface area contributed by atoms with Crippen LogP contribution in [0.5, 0.6) is 0 Å². The molecule has 0 unspecified atom stereocenters. The highest BCUT2D eigenvalue weighted by molar-refractivity contribution is 5.64. The minimum Gasteiger partial charge on any atom is -0.322 e. The summed E-state index contributed by atoms with van der Waals surface area (Å²) in [5.74, 6) is -1.32. The van der Waals surface area contributed by atoms with Crippen LogP contribution in [0.15, 0.2) is 36.7 Å². The van der Waals surface area contributed by atoms with E-state index in [9.17, 15) is 18.9 Å². The first kappa shape index (κ1) is 16.5. The molecule has 0 amide bonds. The summed E-state index contributed by atoms with van der Waals surface area (Å²) >= 11 is 0. The van der Waals surface area contributed by atoms with Crippen molar-refractivity contribution in [1.29, 1.82) is 0 Å². The molecular weight excluding hydrogens is 332 g/mol. The van der Waals surface area contributed by atoms with Crippen molar-refractivity contribution in [2.75, 3.05) is 5.32 Å². The van der Waals surface area contributed by atoms with Crippen molar-refractivity contribution in [3.63, 3.8) is 0 Å². The number of nitro groups is 1. The second-order valence-corrected chi connectivity index (χ2v) is 5.46. The summed E-state index contributed by atoms with van der Waals surface area (Å²) in [6.07, 6.45) is 1.29. The molecule has 0 bridgehead atoms. The molecule has 0 fully saturated rings. The Morgan fingerprint density at radius 2 is 1.80 bits per heavy atom. The smallest absolute Gasteiger partial charge is 0.271 e. The van der Waals surface area contributed by atoms with Gasteiger partial charge >= 0.3 is 0 Å². The fraction of sp³-hybridized carbons (Fsp3) is 0.125. The molecule has 1 aromatic heterocycles. The largest absolute Gasteiger partial charge is 0.322 e. The molecule has 7 nitrogen and oxygen atoms in total. The van der Waals surface area contributed by atoms with E-state index in [4.69, 9.17) is 0 Å². The molecule has 0 aliphatic heterocycles. The second-order valence-electron chi connectivity index (χ2n) is 5.46. The van der Waals surface area contributed by atoms with Gasteiger partial charge in [0.25, 0.3) is 5.69 Å². The number of benzene rings is 2. The van der Waals surface area contributed by atoms with Crippen molar-refractivity contribution < 1.29 is 13.7 Å². The van der Waals surface area contributed by atoms with E-state index in [2.05, 4.69) is 15.4 Å². The first-order chi connectivity index (χ1) is 11.8. The quantitative estimate of drug-likeness (QED) is 0.574. The number of non-ortho nitro benzene ring substituents is 1. The van der Waals surface area contributed by atoms with Gasteiger partial charge in [-0.15, -0.1) is 5.10 Å². The first-order valence-electron chi connectivity index (χ1n) is 7.24. The molecule has 0 saturated heterocycles. The van der Waals surface area contributed by atoms with Crippen LogP contribution >= 0.6 is 0 Å². The minimum absolute atomic E-state index is 0.0581. The highest BCUT2D eigenvalue weighted by atomic mass is 19.1. The van der Waals surface area contributed by atoms with Crippen LogP contribution in [-0.4, -0.2) is 19.7 Å². The third kappa shape index (κ3) is 3.44. The number of nitro benzene ring substituents is 1. The summed E-state index contributed by atoms with van der Waals surface area (Å²) in [5, 5.41) is 18.0. The third-order valence-corrected chi connectivity index (χ3v) is 3.71. The van der Waals surface area contributed by atoms with Gasteiger partial charge in [-0.25, -0.2) is 13.5 Å². The molecule has 0 radical (unpaired) electrons. The summed E-state index contributed by atoms with van der Waals surface area (Å²) < 4.78 is 27.8. The maximum absolute atomic E-state index is 13.3. The molecule has 1 heterocycles. The number of hydrogen-bond donors (Lipinski definition) is 1. The Bertz CT molecular complexity index is 951. The molecule has 2 aromatic carbocycles. The van der Waals surface area contributed by atoms with Gasteiger partial charge in [0.2, 0.25) is 5.95 Å². The normalized spacial score (nSPS) is 10.7. The molecule has 3 rings (SSSR count). The number of hydrogen-bond acceptors (Lipinski definition) is 5. The van der Waals surface area contributed by atoms with Crippen LogP contribution in [0, 0.1) is 35.6 Å². The van der Waals surface area contributed by atoms with Gasteiger partial charge in [0.1, 0.15) is 18.0 Å². The molecule has 25 heavy (non-hydrogen) atoms. The van der Waals surface area contributed by atoms with Crippen LogP contribution in [0.2, 0.25) is 0 Å². The SMILES string of the molecule is Cc1cc([N+](=O)[O-])cc(Nc2ncn(-c3cc(F)cc(F)c3)n2)c1C. The van der Waals surface area contributed by atoms with E-state index in [1.165, 1.54) is 23.1 Å². The predicted octanol–water partition coefficient (Wildman–Crippen LogP) is 3.81. The van der Waals surface area contributed by atoms with Gasteiger partial charge in [0.15, 0.2) is 0 Å². The summed E-state index contributed by atoms with van der Waals surface area (Å²) in [6, 6.07) is 5.84. The molecule has 9 heteroatoms. The zero-order chi connectivity index (χ0) is 18.1. The summed E-state index contributed by atoms with van der Waals surface area (Å²) in [7, 11) is 0. The lowest BCUT2D eigenvalue weighted by Crippen LogP contribution is -2.01. The predicted molar refractivity (Wildman–Crippen MR) is 87.1 cm³/mol. The summed E-state index contributed by atoms with van der Waals surface area (Å²) in [4.78, 5) is 14.5. The zero-order valence-electron chi connectivity index (χ0n) is 13.3. The first-order valence-corrected chi connectivity index (χ1v) is 7.24. The van der Waals surface area contributed by atoms with E-state index in [1.807, 2.05) is 0 Å². The number of nitrogens with zero attached hydrogens (tertiary/aromatic N) is 4. The number of halogens is 2. The summed E-state index contributed by atoms with van der Waals surface area (Å²) in [5.41, 5.74) is 2.14. The summed E-state index contributed by atoms with van der Waals surface area (Å²) in [6.45, 7) is 3.56. The van der Waals surface area contributed by atoms with Gasteiger partial charge < -0.3 is 5.32 Å². The Labute approximate surface area is 141 Å². The fourth-order valence-corrected chi connectivity index (χ4v) is 2.31. The lowest BCUT2D eigenvalue weighted by atomic mass is 10.1. The van der Waals surface area contributed by atoms with Gasteiger partial charge in [-0.1, -0.05) is 0 Å². The van der Waals surface area contributed by atoms with Gasteiger partial charge in [0.05, 0.1) is 16.3 Å². The van der Waals surface area contributed by atoms with Crippen LogP contribution in [0.25, 0.3) is 5.69 Å². The Morgan fingerprint density at radius 1 is 1.12 bits per heavy atom. The van der Waals surface area contributed by atoms with Crippen LogP contribution in [0.4, 0.5) is 26.1 Å². The second kappa shape index (κ2) is 6.27. The number of nitrogens with one attached hydrogen (secondary N) is 1. The van der Waals surface area contributed by atoms with E-state index in [0.717, 1.165) is 29.3 Å². The maximum atomic E-state index is 13.3. The molecule has 3 aromatic rings. The topological polar surface area (TPSA) is 85.9 Å². The van der Waals surface area contributed by atoms with Gasteiger partial charge in [0, 0.05) is 18.2 Å². The van der Waals surface area contributed by atoms with Gasteiger partial charge in [-0.05, 0) is 37.1 Å². The van der Waals surface area contributed by atoms with Crippen molar-refractivity contribution in [1.82, 2.24) is 14.8 Å². The lowest BCUT2D eigenvalue weighted by Gasteiger charge is -2.09. The molecule has 1 N–H and O–H groups in total. The Balaban J connectivity index is 1.93. The molecule has 0 saturated carbocycles. The van der Waals surface area contributed by atoms with E-state index >= 15 is 0 Å². The number of aromatic nitrogens is 3. The van der Waals surface area contributed by atoms with E-state index in [-0.39, 0.29) is 17.3 Å². The van der Waals surface area contributed by atoms with Crippen LogP contribution in [-0.2, 0) is 0 Å². The molecule has 128 valence electrons. The average Bonchev–Trinajstić information content (AvgIpc) is 2.99.